The molecule has 0 spiro atoms. The summed E-state index contributed by atoms with van der Waals surface area (Å²) in [4.78, 5) is 10.7. The quantitative estimate of drug-likeness (QED) is 0.776. The molecule has 0 aromatic heterocycles. The largest absolute Gasteiger partial charge is 0.478 e. The number of aliphatic carboxylic acids is 1. The molecule has 0 unspecified atom stereocenters. The maximum Gasteiger partial charge on any atom is 0.331 e. The lowest BCUT2D eigenvalue weighted by atomic mass is 10.1. The molecule has 0 radical (unpaired) electrons. The molecular formula is C10H7Br3O2. The fraction of sp³-hybridized carbons (Fsp3) is 0.100. The number of benzene rings is 1. The first-order chi connectivity index (χ1) is 6.91. The van der Waals surface area contributed by atoms with Gasteiger partial charge in [0.2, 0.25) is 0 Å². The summed E-state index contributed by atoms with van der Waals surface area (Å²) < 4.78 is 2.63. The molecule has 15 heavy (non-hydrogen) atoms. The van der Waals surface area contributed by atoms with Gasteiger partial charge >= 0.3 is 5.97 Å². The molecule has 0 saturated heterocycles. The van der Waals surface area contributed by atoms with Gasteiger partial charge in [0.15, 0.2) is 0 Å². The highest BCUT2D eigenvalue weighted by Gasteiger charge is 2.11. The maximum atomic E-state index is 10.7. The minimum Gasteiger partial charge on any atom is -0.478 e. The number of hydrogen-bond acceptors (Lipinski definition) is 1. The van der Waals surface area contributed by atoms with Gasteiger partial charge in [0.05, 0.1) is 0 Å². The molecule has 0 aliphatic carbocycles. The van der Waals surface area contributed by atoms with E-state index in [2.05, 4.69) is 54.4 Å². The Morgan fingerprint density at radius 3 is 2.13 bits per heavy atom. The summed E-state index contributed by atoms with van der Waals surface area (Å²) in [5.41, 5.74) is 1.05. The van der Waals surface area contributed by atoms with Gasteiger partial charge in [-0.1, -0.05) is 54.4 Å². The minimum atomic E-state index is -0.975. The first-order valence-corrected chi connectivity index (χ1v) is 6.34. The van der Waals surface area contributed by atoms with Crippen LogP contribution in [0.15, 0.2) is 37.7 Å². The molecule has 0 fully saturated rings. The number of carboxylic acid groups (broad SMARTS) is 1. The number of hydrogen-bond donors (Lipinski definition) is 1. The van der Waals surface area contributed by atoms with E-state index >= 15 is 0 Å². The molecule has 0 amide bonds. The number of carbonyl (C=O) groups is 1. The van der Waals surface area contributed by atoms with Crippen molar-refractivity contribution < 1.29 is 9.90 Å². The van der Waals surface area contributed by atoms with Gasteiger partial charge in [0, 0.05) is 25.4 Å². The lowest BCUT2D eigenvalue weighted by molar-refractivity contribution is -0.132. The van der Waals surface area contributed by atoms with Gasteiger partial charge in [-0.15, -0.1) is 0 Å². The van der Waals surface area contributed by atoms with Crippen LogP contribution in [0.2, 0.25) is 0 Å². The monoisotopic (exact) mass is 396 g/mol. The fourth-order valence-corrected chi connectivity index (χ4v) is 3.57. The van der Waals surface area contributed by atoms with E-state index in [1.165, 1.54) is 0 Å². The molecule has 0 heterocycles. The van der Waals surface area contributed by atoms with Crippen LogP contribution in [0.1, 0.15) is 5.56 Å². The van der Waals surface area contributed by atoms with Gasteiger partial charge < -0.3 is 5.11 Å². The third-order valence-corrected chi connectivity index (χ3v) is 3.67. The molecule has 1 aromatic carbocycles. The smallest absolute Gasteiger partial charge is 0.331 e. The maximum absolute atomic E-state index is 10.7. The van der Waals surface area contributed by atoms with E-state index in [0.29, 0.717) is 6.42 Å². The highest BCUT2D eigenvalue weighted by Crippen LogP contribution is 2.31. The average Bonchev–Trinajstić information content (AvgIpc) is 2.10. The lowest BCUT2D eigenvalue weighted by Gasteiger charge is -2.08. The Kier molecular flexibility index (Phi) is 4.55. The Hall–Kier alpha value is -0.130. The molecule has 0 aliphatic rings. The molecular weight excluding hydrogens is 392 g/mol. The van der Waals surface area contributed by atoms with Gasteiger partial charge in [-0.25, -0.2) is 4.79 Å². The molecule has 0 aliphatic heterocycles. The van der Waals surface area contributed by atoms with E-state index in [9.17, 15) is 4.79 Å². The first-order valence-electron chi connectivity index (χ1n) is 3.96. The Labute approximate surface area is 113 Å². The molecule has 0 bridgehead atoms. The summed E-state index contributed by atoms with van der Waals surface area (Å²) in [5, 5.41) is 8.74. The summed E-state index contributed by atoms with van der Waals surface area (Å²) in [5.74, 6) is -0.975. The van der Waals surface area contributed by atoms with Crippen molar-refractivity contribution in [1.29, 1.82) is 0 Å². The SMILES string of the molecule is C=C(Cc1c(Br)cc(Br)cc1Br)C(=O)O. The van der Waals surface area contributed by atoms with E-state index in [-0.39, 0.29) is 5.57 Å². The molecule has 1 N–H and O–H groups in total. The normalized spacial score (nSPS) is 10.1. The lowest BCUT2D eigenvalue weighted by Crippen LogP contribution is -2.03. The zero-order valence-corrected chi connectivity index (χ0v) is 12.3. The van der Waals surface area contributed by atoms with Crippen LogP contribution in [0.5, 0.6) is 0 Å². The van der Waals surface area contributed by atoms with E-state index < -0.39 is 5.97 Å². The van der Waals surface area contributed by atoms with Crippen molar-refractivity contribution >= 4 is 53.8 Å². The van der Waals surface area contributed by atoms with Crippen LogP contribution in [-0.2, 0) is 11.2 Å². The predicted octanol–water partition coefficient (Wildman–Crippen LogP) is 4.16. The number of rotatable bonds is 3. The van der Waals surface area contributed by atoms with Gasteiger partial charge in [-0.2, -0.15) is 0 Å². The third kappa shape index (κ3) is 3.43. The van der Waals surface area contributed by atoms with Gasteiger partial charge in [-0.05, 0) is 17.7 Å². The van der Waals surface area contributed by atoms with E-state index in [4.69, 9.17) is 5.11 Å². The van der Waals surface area contributed by atoms with Crippen LogP contribution >= 0.6 is 47.8 Å². The van der Waals surface area contributed by atoms with Crippen LogP contribution in [0.4, 0.5) is 0 Å². The Morgan fingerprint density at radius 2 is 1.73 bits per heavy atom. The second kappa shape index (κ2) is 5.27. The molecule has 1 aromatic rings. The van der Waals surface area contributed by atoms with E-state index in [1.54, 1.807) is 0 Å². The van der Waals surface area contributed by atoms with Crippen LogP contribution in [0.25, 0.3) is 0 Å². The highest BCUT2D eigenvalue weighted by atomic mass is 79.9. The van der Waals surface area contributed by atoms with Crippen molar-refractivity contribution in [3.63, 3.8) is 0 Å². The van der Waals surface area contributed by atoms with Gasteiger partial charge in [-0.3, -0.25) is 0 Å². The zero-order chi connectivity index (χ0) is 11.6. The fourth-order valence-electron chi connectivity index (χ4n) is 1.03. The highest BCUT2D eigenvalue weighted by molar-refractivity contribution is 9.11. The summed E-state index contributed by atoms with van der Waals surface area (Å²) in [6.45, 7) is 3.50. The summed E-state index contributed by atoms with van der Waals surface area (Å²) in [6.07, 6.45) is 0.309. The second-order valence-electron chi connectivity index (χ2n) is 2.93. The van der Waals surface area contributed by atoms with Crippen molar-refractivity contribution in [2.45, 2.75) is 6.42 Å². The number of carboxylic acids is 1. The molecule has 1 rings (SSSR count). The Bertz CT molecular complexity index is 404. The molecule has 80 valence electrons. The molecule has 0 saturated carbocycles. The van der Waals surface area contributed by atoms with Crippen molar-refractivity contribution in [2.24, 2.45) is 0 Å². The van der Waals surface area contributed by atoms with Crippen molar-refractivity contribution in [2.75, 3.05) is 0 Å². The van der Waals surface area contributed by atoms with E-state index in [1.807, 2.05) is 12.1 Å². The van der Waals surface area contributed by atoms with Gasteiger partial charge in [0.1, 0.15) is 0 Å². The average molecular weight is 399 g/mol. The van der Waals surface area contributed by atoms with Crippen molar-refractivity contribution in [3.05, 3.63) is 43.3 Å². The zero-order valence-electron chi connectivity index (χ0n) is 7.56. The standard InChI is InChI=1S/C10H7Br3O2/c1-5(10(14)15)2-7-8(12)3-6(11)4-9(7)13/h3-4H,1-2H2,(H,14,15). The molecule has 0 atom stereocenters. The summed E-state index contributed by atoms with van der Waals surface area (Å²) in [7, 11) is 0. The van der Waals surface area contributed by atoms with Crippen molar-refractivity contribution in [3.8, 4) is 0 Å². The van der Waals surface area contributed by atoms with Gasteiger partial charge in [0.25, 0.3) is 0 Å². The molecule has 5 heteroatoms. The summed E-state index contributed by atoms with van der Waals surface area (Å²) in [6, 6.07) is 3.74. The number of halogens is 3. The predicted molar refractivity (Wildman–Crippen MR) is 70.0 cm³/mol. The van der Waals surface area contributed by atoms with Crippen LogP contribution < -0.4 is 0 Å². The topological polar surface area (TPSA) is 37.3 Å². The third-order valence-electron chi connectivity index (χ3n) is 1.80. The second-order valence-corrected chi connectivity index (χ2v) is 5.56. The Morgan fingerprint density at radius 1 is 1.27 bits per heavy atom. The van der Waals surface area contributed by atoms with Crippen LogP contribution in [-0.4, -0.2) is 11.1 Å². The minimum absolute atomic E-state index is 0.165. The first kappa shape index (κ1) is 12.9. The summed E-state index contributed by atoms with van der Waals surface area (Å²) >= 11 is 10.1. The van der Waals surface area contributed by atoms with Crippen LogP contribution in [0.3, 0.4) is 0 Å². The van der Waals surface area contributed by atoms with Crippen molar-refractivity contribution in [1.82, 2.24) is 0 Å². The van der Waals surface area contributed by atoms with Crippen LogP contribution in [0, 0.1) is 0 Å². The Balaban J connectivity index is 3.05. The van der Waals surface area contributed by atoms with E-state index in [0.717, 1.165) is 19.0 Å². The molecule has 2 nitrogen and oxygen atoms in total.